The third-order valence-corrected chi connectivity index (χ3v) is 4.74. The lowest BCUT2D eigenvalue weighted by Gasteiger charge is -2.10. The molecule has 0 saturated carbocycles. The maximum absolute atomic E-state index is 12.7. The Morgan fingerprint density at radius 3 is 2.68 bits per heavy atom. The number of carbonyl (C=O) groups is 1. The van der Waals surface area contributed by atoms with Crippen molar-refractivity contribution >= 4 is 17.3 Å². The molecular formula is C21H13N3O3S. The Morgan fingerprint density at radius 2 is 1.89 bits per heavy atom. The second-order valence-electron chi connectivity index (χ2n) is 5.80. The zero-order valence-corrected chi connectivity index (χ0v) is 15.3. The van der Waals surface area contributed by atoms with Crippen LogP contribution in [0.1, 0.15) is 21.8 Å². The van der Waals surface area contributed by atoms with Crippen molar-refractivity contribution in [1.82, 2.24) is 10.1 Å². The molecule has 0 bridgehead atoms. The molecule has 0 atom stereocenters. The quantitative estimate of drug-likeness (QED) is 0.461. The number of nitrogens with zero attached hydrogens (tertiary/aromatic N) is 3. The van der Waals surface area contributed by atoms with E-state index in [-0.39, 0.29) is 12.5 Å². The molecule has 0 radical (unpaired) electrons. The van der Waals surface area contributed by atoms with Crippen molar-refractivity contribution < 1.29 is 14.1 Å². The zero-order chi connectivity index (χ0) is 19.3. The second kappa shape index (κ2) is 7.86. The molecule has 4 rings (SSSR count). The minimum absolute atomic E-state index is 0.135. The predicted octanol–water partition coefficient (Wildman–Crippen LogP) is 4.69. The van der Waals surface area contributed by atoms with E-state index in [2.05, 4.69) is 16.2 Å². The van der Waals surface area contributed by atoms with Crippen LogP contribution in [-0.4, -0.2) is 16.1 Å². The van der Waals surface area contributed by atoms with Crippen LogP contribution < -0.4 is 0 Å². The largest absolute Gasteiger partial charge is 0.452 e. The van der Waals surface area contributed by atoms with Gasteiger partial charge in [0.2, 0.25) is 5.82 Å². The van der Waals surface area contributed by atoms with E-state index in [4.69, 9.17) is 9.26 Å². The summed E-state index contributed by atoms with van der Waals surface area (Å²) in [6.45, 7) is -0.135. The van der Waals surface area contributed by atoms with E-state index >= 15 is 0 Å². The highest BCUT2D eigenvalue weighted by molar-refractivity contribution is 7.08. The van der Waals surface area contributed by atoms with Gasteiger partial charge < -0.3 is 9.26 Å². The third kappa shape index (κ3) is 3.54. The first kappa shape index (κ1) is 17.6. The van der Waals surface area contributed by atoms with Gasteiger partial charge in [0.25, 0.3) is 5.89 Å². The van der Waals surface area contributed by atoms with E-state index in [9.17, 15) is 10.1 Å². The Hall–Kier alpha value is -3.76. The minimum Gasteiger partial charge on any atom is -0.452 e. The summed E-state index contributed by atoms with van der Waals surface area (Å²) in [4.78, 5) is 16.9. The van der Waals surface area contributed by atoms with Gasteiger partial charge in [-0.05, 0) is 29.1 Å². The summed E-state index contributed by atoms with van der Waals surface area (Å²) in [6, 6.07) is 18.2. The van der Waals surface area contributed by atoms with Crippen molar-refractivity contribution in [1.29, 1.82) is 5.26 Å². The van der Waals surface area contributed by atoms with Crippen LogP contribution in [0, 0.1) is 11.3 Å². The predicted molar refractivity (Wildman–Crippen MR) is 103 cm³/mol. The number of nitriles is 1. The SMILES string of the molecule is N#Cc1ccccc1-c1ccccc1C(=O)OCc1nc(-c2ccsc2)no1. The summed E-state index contributed by atoms with van der Waals surface area (Å²) >= 11 is 1.53. The van der Waals surface area contributed by atoms with Gasteiger partial charge in [0.05, 0.1) is 17.2 Å². The van der Waals surface area contributed by atoms with Crippen LogP contribution in [-0.2, 0) is 11.3 Å². The molecule has 0 aliphatic rings. The fourth-order valence-electron chi connectivity index (χ4n) is 2.74. The molecule has 0 fully saturated rings. The van der Waals surface area contributed by atoms with Gasteiger partial charge in [-0.1, -0.05) is 41.6 Å². The van der Waals surface area contributed by atoms with Crippen molar-refractivity contribution in [3.63, 3.8) is 0 Å². The molecule has 0 spiro atoms. The van der Waals surface area contributed by atoms with E-state index in [1.54, 1.807) is 36.4 Å². The van der Waals surface area contributed by atoms with Gasteiger partial charge in [-0.15, -0.1) is 0 Å². The lowest BCUT2D eigenvalue weighted by molar-refractivity contribution is 0.0430. The number of esters is 1. The molecule has 7 heteroatoms. The summed E-state index contributed by atoms with van der Waals surface area (Å²) in [5.74, 6) is 0.138. The van der Waals surface area contributed by atoms with Gasteiger partial charge >= 0.3 is 5.97 Å². The van der Waals surface area contributed by atoms with E-state index in [0.29, 0.717) is 28.1 Å². The molecule has 0 N–H and O–H groups in total. The van der Waals surface area contributed by atoms with Crippen LogP contribution in [0.2, 0.25) is 0 Å². The lowest BCUT2D eigenvalue weighted by atomic mass is 9.96. The highest BCUT2D eigenvalue weighted by atomic mass is 32.1. The summed E-state index contributed by atoms with van der Waals surface area (Å²) in [7, 11) is 0. The van der Waals surface area contributed by atoms with Crippen LogP contribution in [0.4, 0.5) is 0 Å². The van der Waals surface area contributed by atoms with Crippen molar-refractivity contribution in [2.45, 2.75) is 6.61 Å². The Balaban J connectivity index is 1.54. The highest BCUT2D eigenvalue weighted by Gasteiger charge is 2.17. The summed E-state index contributed by atoms with van der Waals surface area (Å²) in [5.41, 5.74) is 3.01. The Bertz CT molecular complexity index is 1160. The number of benzene rings is 2. The normalized spacial score (nSPS) is 10.4. The summed E-state index contributed by atoms with van der Waals surface area (Å²) < 4.78 is 10.5. The summed E-state index contributed by atoms with van der Waals surface area (Å²) in [5, 5.41) is 17.1. The van der Waals surface area contributed by atoms with Crippen molar-refractivity contribution in [2.75, 3.05) is 0 Å². The van der Waals surface area contributed by atoms with E-state index < -0.39 is 5.97 Å². The second-order valence-corrected chi connectivity index (χ2v) is 6.58. The molecule has 0 unspecified atom stereocenters. The van der Waals surface area contributed by atoms with Crippen LogP contribution in [0.15, 0.2) is 69.9 Å². The molecule has 0 aliphatic carbocycles. The molecule has 4 aromatic rings. The molecule has 2 aromatic heterocycles. The fraction of sp³-hybridized carbons (Fsp3) is 0.0476. The number of ether oxygens (including phenoxy) is 1. The van der Waals surface area contributed by atoms with Crippen LogP contribution in [0.5, 0.6) is 0 Å². The first-order valence-electron chi connectivity index (χ1n) is 8.37. The van der Waals surface area contributed by atoms with Crippen molar-refractivity contribution in [2.24, 2.45) is 0 Å². The van der Waals surface area contributed by atoms with E-state index in [0.717, 1.165) is 5.56 Å². The molecule has 0 amide bonds. The molecule has 6 nitrogen and oxygen atoms in total. The smallest absolute Gasteiger partial charge is 0.339 e. The number of carbonyl (C=O) groups excluding carboxylic acids is 1. The Kier molecular flexibility index (Phi) is 4.95. The minimum atomic E-state index is -0.529. The van der Waals surface area contributed by atoms with Gasteiger partial charge in [-0.3, -0.25) is 0 Å². The average Bonchev–Trinajstić information content (AvgIpc) is 3.44. The maximum Gasteiger partial charge on any atom is 0.339 e. The standard InChI is InChI=1S/C21H13N3O3S/c22-11-14-5-1-2-6-16(14)17-7-3-4-8-18(17)21(25)26-12-19-23-20(24-27-19)15-9-10-28-13-15/h1-10,13H,12H2. The van der Waals surface area contributed by atoms with Gasteiger partial charge in [0, 0.05) is 16.5 Å². The lowest BCUT2D eigenvalue weighted by Crippen LogP contribution is -2.07. The molecule has 0 saturated heterocycles. The fourth-order valence-corrected chi connectivity index (χ4v) is 3.37. The van der Waals surface area contributed by atoms with Crippen molar-refractivity contribution in [3.8, 4) is 28.6 Å². The molecule has 0 aliphatic heterocycles. The van der Waals surface area contributed by atoms with Crippen molar-refractivity contribution in [3.05, 3.63) is 82.4 Å². The monoisotopic (exact) mass is 387 g/mol. The molecule has 2 heterocycles. The third-order valence-electron chi connectivity index (χ3n) is 4.06. The number of hydrogen-bond acceptors (Lipinski definition) is 7. The van der Waals surface area contributed by atoms with E-state index in [1.165, 1.54) is 11.3 Å². The first-order chi connectivity index (χ1) is 13.8. The van der Waals surface area contributed by atoms with Gasteiger partial charge in [0.1, 0.15) is 0 Å². The van der Waals surface area contributed by atoms with Crippen LogP contribution in [0.3, 0.4) is 0 Å². The molecule has 136 valence electrons. The Labute approximate surface area is 164 Å². The number of aromatic nitrogens is 2. The number of hydrogen-bond donors (Lipinski definition) is 0. The van der Waals surface area contributed by atoms with Crippen LogP contribution in [0.25, 0.3) is 22.5 Å². The summed E-state index contributed by atoms with van der Waals surface area (Å²) in [6.07, 6.45) is 0. The number of thiophene rings is 1. The zero-order valence-electron chi connectivity index (χ0n) is 14.5. The highest BCUT2D eigenvalue weighted by Crippen LogP contribution is 2.27. The molecular weight excluding hydrogens is 374 g/mol. The van der Waals surface area contributed by atoms with Gasteiger partial charge in [0.15, 0.2) is 6.61 Å². The molecule has 2 aromatic carbocycles. The Morgan fingerprint density at radius 1 is 1.11 bits per heavy atom. The van der Waals surface area contributed by atoms with Gasteiger partial charge in [-0.2, -0.15) is 21.6 Å². The van der Waals surface area contributed by atoms with Crippen LogP contribution >= 0.6 is 11.3 Å². The average molecular weight is 387 g/mol. The topological polar surface area (TPSA) is 89.0 Å². The maximum atomic E-state index is 12.7. The number of rotatable bonds is 5. The first-order valence-corrected chi connectivity index (χ1v) is 9.31. The van der Waals surface area contributed by atoms with E-state index in [1.807, 2.05) is 29.0 Å². The van der Waals surface area contributed by atoms with Gasteiger partial charge in [-0.25, -0.2) is 4.79 Å². The molecule has 28 heavy (non-hydrogen) atoms.